The van der Waals surface area contributed by atoms with Crippen LogP contribution in [-0.2, 0) is 0 Å². The molecule has 2 aromatic heterocycles. The van der Waals surface area contributed by atoms with Gasteiger partial charge in [0.2, 0.25) is 0 Å². The van der Waals surface area contributed by atoms with Gasteiger partial charge in [-0.15, -0.1) is 0 Å². The highest BCUT2D eigenvalue weighted by Gasteiger charge is 2.11. The van der Waals surface area contributed by atoms with Crippen LogP contribution in [-0.4, -0.2) is 22.1 Å². The molecule has 6 heteroatoms. The molecule has 0 fully saturated rings. The molecule has 0 spiro atoms. The lowest BCUT2D eigenvalue weighted by atomic mass is 10.2. The van der Waals surface area contributed by atoms with Crippen molar-refractivity contribution in [3.8, 4) is 17.1 Å². The molecule has 0 saturated carbocycles. The largest absolute Gasteiger partial charge is 0.497 e. The number of rotatable bonds is 4. The lowest BCUT2D eigenvalue weighted by molar-refractivity contribution is 0.415. The summed E-state index contributed by atoms with van der Waals surface area (Å²) >= 11 is 5.98. The van der Waals surface area contributed by atoms with Gasteiger partial charge in [0.05, 0.1) is 12.6 Å². The lowest BCUT2D eigenvalue weighted by Crippen LogP contribution is -2.00. The van der Waals surface area contributed by atoms with Crippen molar-refractivity contribution in [3.05, 3.63) is 72.0 Å². The summed E-state index contributed by atoms with van der Waals surface area (Å²) in [5.74, 6) is 2.04. The van der Waals surface area contributed by atoms with Crippen LogP contribution in [0.15, 0.2) is 67.0 Å². The molecule has 0 aliphatic carbocycles. The fraction of sp³-hybridized carbons (Fsp3) is 0.0500. The highest BCUT2D eigenvalue weighted by Crippen LogP contribution is 2.30. The number of aromatic nitrogens is 3. The Labute approximate surface area is 155 Å². The Bertz CT molecular complexity index is 1050. The Kier molecular flexibility index (Phi) is 4.37. The molecule has 128 valence electrons. The number of pyridine rings is 1. The zero-order chi connectivity index (χ0) is 17.9. The predicted octanol–water partition coefficient (Wildman–Crippen LogP) is 5.10. The second kappa shape index (κ2) is 6.98. The van der Waals surface area contributed by atoms with E-state index in [2.05, 4.69) is 15.3 Å². The van der Waals surface area contributed by atoms with E-state index in [1.165, 1.54) is 0 Å². The molecule has 0 radical (unpaired) electrons. The average Bonchev–Trinajstić information content (AvgIpc) is 2.70. The van der Waals surface area contributed by atoms with Crippen molar-refractivity contribution in [1.82, 2.24) is 15.0 Å². The van der Waals surface area contributed by atoms with Crippen molar-refractivity contribution < 1.29 is 4.74 Å². The number of anilines is 2. The van der Waals surface area contributed by atoms with E-state index in [-0.39, 0.29) is 0 Å². The van der Waals surface area contributed by atoms with Crippen molar-refractivity contribution in [2.45, 2.75) is 0 Å². The van der Waals surface area contributed by atoms with E-state index >= 15 is 0 Å². The number of ether oxygens (including phenoxy) is 1. The lowest BCUT2D eigenvalue weighted by Gasteiger charge is -2.12. The highest BCUT2D eigenvalue weighted by molar-refractivity contribution is 6.30. The number of fused-ring (bicyclic) bond motifs is 1. The van der Waals surface area contributed by atoms with Gasteiger partial charge in [-0.25, -0.2) is 9.97 Å². The van der Waals surface area contributed by atoms with E-state index in [1.807, 2.05) is 54.6 Å². The van der Waals surface area contributed by atoms with Crippen molar-refractivity contribution in [2.24, 2.45) is 0 Å². The number of hydrogen-bond donors (Lipinski definition) is 1. The first-order chi connectivity index (χ1) is 12.7. The van der Waals surface area contributed by atoms with Crippen molar-refractivity contribution in [1.29, 1.82) is 0 Å². The fourth-order valence-electron chi connectivity index (χ4n) is 2.62. The summed E-state index contributed by atoms with van der Waals surface area (Å²) in [6.07, 6.45) is 3.47. The Morgan fingerprint density at radius 3 is 2.58 bits per heavy atom. The van der Waals surface area contributed by atoms with Crippen LogP contribution in [0.2, 0.25) is 5.02 Å². The zero-order valence-corrected chi connectivity index (χ0v) is 14.7. The minimum Gasteiger partial charge on any atom is -0.497 e. The summed E-state index contributed by atoms with van der Waals surface area (Å²) in [5.41, 5.74) is 2.55. The van der Waals surface area contributed by atoms with E-state index in [0.717, 1.165) is 27.9 Å². The van der Waals surface area contributed by atoms with Gasteiger partial charge in [0, 0.05) is 34.1 Å². The van der Waals surface area contributed by atoms with Gasteiger partial charge < -0.3 is 10.1 Å². The smallest absolute Gasteiger partial charge is 0.163 e. The van der Waals surface area contributed by atoms with Crippen LogP contribution in [0.4, 0.5) is 11.5 Å². The molecule has 0 amide bonds. The third kappa shape index (κ3) is 3.30. The Hall–Kier alpha value is -3.18. The van der Waals surface area contributed by atoms with Gasteiger partial charge in [-0.1, -0.05) is 11.6 Å². The summed E-state index contributed by atoms with van der Waals surface area (Å²) < 4.78 is 5.35. The first-order valence-electron chi connectivity index (χ1n) is 8.02. The molecule has 0 unspecified atom stereocenters. The van der Waals surface area contributed by atoms with Crippen molar-refractivity contribution >= 4 is 34.0 Å². The summed E-state index contributed by atoms with van der Waals surface area (Å²) in [5, 5.41) is 4.90. The average molecular weight is 363 g/mol. The molecule has 0 bridgehead atoms. The standard InChI is InChI=1S/C20H15ClN4O/c1-26-16-8-9-18-17(11-16)20(23-15-6-4-14(21)5-7-15)25-19(24-18)13-3-2-10-22-12-13/h2-12H,1H3,(H,23,24,25). The first-order valence-corrected chi connectivity index (χ1v) is 8.39. The third-order valence-corrected chi connectivity index (χ3v) is 4.18. The van der Waals surface area contributed by atoms with E-state index in [9.17, 15) is 0 Å². The molecule has 4 rings (SSSR count). The Morgan fingerprint density at radius 1 is 1.00 bits per heavy atom. The number of nitrogens with one attached hydrogen (secondary N) is 1. The topological polar surface area (TPSA) is 59.9 Å². The van der Waals surface area contributed by atoms with E-state index in [1.54, 1.807) is 19.5 Å². The van der Waals surface area contributed by atoms with Crippen LogP contribution in [0.1, 0.15) is 0 Å². The summed E-state index contributed by atoms with van der Waals surface area (Å²) in [6, 6.07) is 17.0. The molecule has 4 aromatic rings. The molecule has 0 aliphatic heterocycles. The van der Waals surface area contributed by atoms with Crippen molar-refractivity contribution in [3.63, 3.8) is 0 Å². The quantitative estimate of drug-likeness (QED) is 0.547. The molecular weight excluding hydrogens is 348 g/mol. The summed E-state index contributed by atoms with van der Waals surface area (Å²) in [7, 11) is 1.64. The van der Waals surface area contributed by atoms with Crippen LogP contribution < -0.4 is 10.1 Å². The molecule has 5 nitrogen and oxygen atoms in total. The van der Waals surface area contributed by atoms with E-state index in [4.69, 9.17) is 21.3 Å². The zero-order valence-electron chi connectivity index (χ0n) is 14.0. The second-order valence-electron chi connectivity index (χ2n) is 5.65. The van der Waals surface area contributed by atoms with Gasteiger partial charge in [-0.3, -0.25) is 4.98 Å². The van der Waals surface area contributed by atoms with Gasteiger partial charge in [-0.05, 0) is 54.6 Å². The number of benzene rings is 2. The van der Waals surface area contributed by atoms with Gasteiger partial charge in [0.25, 0.3) is 0 Å². The molecule has 0 saturated heterocycles. The monoisotopic (exact) mass is 362 g/mol. The molecule has 26 heavy (non-hydrogen) atoms. The van der Waals surface area contributed by atoms with Crippen LogP contribution in [0.5, 0.6) is 5.75 Å². The normalized spacial score (nSPS) is 10.7. The second-order valence-corrected chi connectivity index (χ2v) is 6.09. The molecule has 2 aromatic carbocycles. The maximum Gasteiger partial charge on any atom is 0.163 e. The van der Waals surface area contributed by atoms with Crippen molar-refractivity contribution in [2.75, 3.05) is 12.4 Å². The summed E-state index contributed by atoms with van der Waals surface area (Å²) in [4.78, 5) is 13.5. The number of halogens is 1. The summed E-state index contributed by atoms with van der Waals surface area (Å²) in [6.45, 7) is 0. The van der Waals surface area contributed by atoms with Gasteiger partial charge in [0.1, 0.15) is 11.6 Å². The highest BCUT2D eigenvalue weighted by atomic mass is 35.5. The van der Waals surface area contributed by atoms with Gasteiger partial charge in [0.15, 0.2) is 5.82 Å². The van der Waals surface area contributed by atoms with E-state index in [0.29, 0.717) is 16.7 Å². The SMILES string of the molecule is COc1ccc2nc(-c3cccnc3)nc(Nc3ccc(Cl)cc3)c2c1. The molecule has 0 atom stereocenters. The maximum absolute atomic E-state index is 5.98. The number of methoxy groups -OCH3 is 1. The van der Waals surface area contributed by atoms with Gasteiger partial charge >= 0.3 is 0 Å². The third-order valence-electron chi connectivity index (χ3n) is 3.93. The molecular formula is C20H15ClN4O. The molecule has 1 N–H and O–H groups in total. The minimum atomic E-state index is 0.604. The number of hydrogen-bond acceptors (Lipinski definition) is 5. The fourth-order valence-corrected chi connectivity index (χ4v) is 2.75. The minimum absolute atomic E-state index is 0.604. The number of nitrogens with zero attached hydrogens (tertiary/aromatic N) is 3. The van der Waals surface area contributed by atoms with Gasteiger partial charge in [-0.2, -0.15) is 0 Å². The molecule has 0 aliphatic rings. The predicted molar refractivity (Wildman–Crippen MR) is 104 cm³/mol. The van der Waals surface area contributed by atoms with Crippen LogP contribution in [0.3, 0.4) is 0 Å². The Balaban J connectivity index is 1.87. The molecule has 2 heterocycles. The maximum atomic E-state index is 5.98. The Morgan fingerprint density at radius 2 is 1.85 bits per heavy atom. The van der Waals surface area contributed by atoms with E-state index < -0.39 is 0 Å². The van der Waals surface area contributed by atoms with Crippen LogP contribution in [0, 0.1) is 0 Å². The van der Waals surface area contributed by atoms with Crippen LogP contribution in [0.25, 0.3) is 22.3 Å². The van der Waals surface area contributed by atoms with Crippen LogP contribution >= 0.6 is 11.6 Å². The first kappa shape index (κ1) is 16.3.